The molecule has 0 spiro atoms. The first-order chi connectivity index (χ1) is 7.13. The number of Topliss-reactive ketones (excluding diaryl/α,β-unsaturated/α-hetero) is 1. The predicted octanol–water partition coefficient (Wildman–Crippen LogP) is 1.98. The molecule has 0 bridgehead atoms. The lowest BCUT2D eigenvalue weighted by molar-refractivity contribution is 0.102. The molecule has 1 atom stereocenters. The highest BCUT2D eigenvalue weighted by Crippen LogP contribution is 2.21. The van der Waals surface area contributed by atoms with Crippen LogP contribution in [0.2, 0.25) is 4.34 Å². The van der Waals surface area contributed by atoms with Gasteiger partial charge in [0.1, 0.15) is 0 Å². The standard InChI is InChI=1S/C9H11ClO3S2/c1-13-4-5-15(12)6-7(11)8-2-3-9(10)14-8/h2-3H,4-6H2,1H3. The van der Waals surface area contributed by atoms with Crippen molar-refractivity contribution in [2.75, 3.05) is 25.2 Å². The van der Waals surface area contributed by atoms with Crippen LogP contribution >= 0.6 is 22.9 Å². The van der Waals surface area contributed by atoms with E-state index in [1.165, 1.54) is 18.4 Å². The Hall–Kier alpha value is -0.230. The molecule has 1 aromatic rings. The van der Waals surface area contributed by atoms with Gasteiger partial charge < -0.3 is 4.74 Å². The van der Waals surface area contributed by atoms with Crippen LogP contribution in [0.5, 0.6) is 0 Å². The van der Waals surface area contributed by atoms with Crippen molar-refractivity contribution in [3.05, 3.63) is 21.3 Å². The van der Waals surface area contributed by atoms with E-state index in [0.29, 0.717) is 21.6 Å². The van der Waals surface area contributed by atoms with Crippen LogP contribution in [0.1, 0.15) is 9.67 Å². The second-order valence-corrected chi connectivity index (χ2v) is 6.10. The van der Waals surface area contributed by atoms with E-state index < -0.39 is 10.8 Å². The quantitative estimate of drug-likeness (QED) is 0.740. The van der Waals surface area contributed by atoms with Crippen LogP contribution in [0, 0.1) is 0 Å². The van der Waals surface area contributed by atoms with Crippen molar-refractivity contribution in [3.8, 4) is 0 Å². The minimum Gasteiger partial charge on any atom is -0.384 e. The lowest BCUT2D eigenvalue weighted by atomic mass is 10.4. The molecule has 3 nitrogen and oxygen atoms in total. The molecule has 0 aliphatic heterocycles. The molecule has 0 fully saturated rings. The van der Waals surface area contributed by atoms with Gasteiger partial charge in [-0.3, -0.25) is 9.00 Å². The lowest BCUT2D eigenvalue weighted by Crippen LogP contribution is -2.14. The number of carbonyl (C=O) groups is 1. The molecule has 1 rings (SSSR count). The van der Waals surface area contributed by atoms with Crippen molar-refractivity contribution < 1.29 is 13.7 Å². The van der Waals surface area contributed by atoms with Crippen molar-refractivity contribution in [1.29, 1.82) is 0 Å². The fraction of sp³-hybridized carbons (Fsp3) is 0.444. The van der Waals surface area contributed by atoms with Crippen molar-refractivity contribution in [2.45, 2.75) is 0 Å². The van der Waals surface area contributed by atoms with Gasteiger partial charge in [-0.1, -0.05) is 11.6 Å². The molecule has 1 unspecified atom stereocenters. The van der Waals surface area contributed by atoms with Gasteiger partial charge in [-0.15, -0.1) is 11.3 Å². The fourth-order valence-corrected chi connectivity index (χ4v) is 2.95. The van der Waals surface area contributed by atoms with Gasteiger partial charge in [0.15, 0.2) is 5.78 Å². The highest BCUT2D eigenvalue weighted by molar-refractivity contribution is 7.85. The van der Waals surface area contributed by atoms with Crippen molar-refractivity contribution in [1.82, 2.24) is 0 Å². The van der Waals surface area contributed by atoms with E-state index >= 15 is 0 Å². The van der Waals surface area contributed by atoms with E-state index in [2.05, 4.69) is 0 Å². The fourth-order valence-electron chi connectivity index (χ4n) is 0.930. The molecule has 0 aliphatic rings. The highest BCUT2D eigenvalue weighted by atomic mass is 35.5. The molecule has 6 heteroatoms. The summed E-state index contributed by atoms with van der Waals surface area (Å²) in [5, 5.41) is 0. The number of methoxy groups -OCH3 is 1. The molecule has 0 aromatic carbocycles. The molecule has 0 amide bonds. The third kappa shape index (κ3) is 4.42. The summed E-state index contributed by atoms with van der Waals surface area (Å²) >= 11 is 6.91. The molecule has 0 aliphatic carbocycles. The Balaban J connectivity index is 2.45. The van der Waals surface area contributed by atoms with Crippen LogP contribution in [0.4, 0.5) is 0 Å². The topological polar surface area (TPSA) is 43.4 Å². The van der Waals surface area contributed by atoms with Gasteiger partial charge in [0.25, 0.3) is 0 Å². The second kappa shape index (κ2) is 6.37. The summed E-state index contributed by atoms with van der Waals surface area (Å²) in [5.74, 6) is 0.308. The van der Waals surface area contributed by atoms with Crippen molar-refractivity contribution in [2.24, 2.45) is 0 Å². The van der Waals surface area contributed by atoms with Gasteiger partial charge in [0.2, 0.25) is 0 Å². The van der Waals surface area contributed by atoms with Crippen LogP contribution < -0.4 is 0 Å². The Morgan fingerprint density at radius 3 is 2.87 bits per heavy atom. The normalized spacial score (nSPS) is 12.7. The lowest BCUT2D eigenvalue weighted by Gasteiger charge is -1.99. The van der Waals surface area contributed by atoms with Crippen molar-refractivity contribution >= 4 is 39.5 Å². The SMILES string of the molecule is COCCS(=O)CC(=O)c1ccc(Cl)s1. The Kier molecular flexibility index (Phi) is 5.45. The number of thiophene rings is 1. The maximum Gasteiger partial charge on any atom is 0.185 e. The number of hydrogen-bond donors (Lipinski definition) is 0. The van der Waals surface area contributed by atoms with Crippen LogP contribution in [-0.2, 0) is 15.5 Å². The molecule has 0 saturated carbocycles. The molecular weight excluding hydrogens is 256 g/mol. The van der Waals surface area contributed by atoms with Crippen LogP contribution in [0.25, 0.3) is 0 Å². The maximum atomic E-state index is 11.5. The van der Waals surface area contributed by atoms with E-state index in [-0.39, 0.29) is 11.5 Å². The second-order valence-electron chi connectivity index (χ2n) is 2.81. The summed E-state index contributed by atoms with van der Waals surface area (Å²) in [6.45, 7) is 0.408. The van der Waals surface area contributed by atoms with E-state index in [0.717, 1.165) is 0 Å². The van der Waals surface area contributed by atoms with E-state index in [1.807, 2.05) is 0 Å². The van der Waals surface area contributed by atoms with Gasteiger partial charge in [-0.25, -0.2) is 0 Å². The van der Waals surface area contributed by atoms with E-state index in [4.69, 9.17) is 16.3 Å². The zero-order valence-corrected chi connectivity index (χ0v) is 10.6. The molecule has 15 heavy (non-hydrogen) atoms. The first kappa shape index (κ1) is 12.8. The van der Waals surface area contributed by atoms with Crippen LogP contribution in [0.3, 0.4) is 0 Å². The number of ether oxygens (including phenoxy) is 1. The predicted molar refractivity (Wildman–Crippen MR) is 63.4 cm³/mol. The Morgan fingerprint density at radius 2 is 2.33 bits per heavy atom. The van der Waals surface area contributed by atoms with Gasteiger partial charge in [0, 0.05) is 23.7 Å². The highest BCUT2D eigenvalue weighted by Gasteiger charge is 2.12. The first-order valence-corrected chi connectivity index (χ1v) is 6.94. The third-order valence-electron chi connectivity index (χ3n) is 1.66. The zero-order chi connectivity index (χ0) is 11.3. The van der Waals surface area contributed by atoms with Gasteiger partial charge in [-0.2, -0.15) is 0 Å². The number of rotatable bonds is 6. The van der Waals surface area contributed by atoms with Gasteiger partial charge in [0.05, 0.1) is 21.6 Å². The first-order valence-electron chi connectivity index (χ1n) is 4.26. The summed E-state index contributed by atoms with van der Waals surface area (Å²) in [6.07, 6.45) is 0. The summed E-state index contributed by atoms with van der Waals surface area (Å²) in [6, 6.07) is 3.32. The van der Waals surface area contributed by atoms with Gasteiger partial charge in [-0.05, 0) is 12.1 Å². The average molecular weight is 267 g/mol. The molecule has 0 saturated heterocycles. The summed E-state index contributed by atoms with van der Waals surface area (Å²) in [4.78, 5) is 12.1. The van der Waals surface area contributed by atoms with E-state index in [9.17, 15) is 9.00 Å². The largest absolute Gasteiger partial charge is 0.384 e. The minimum absolute atomic E-state index is 0.0419. The molecular formula is C9H11ClO3S2. The Labute approximate surface area is 99.8 Å². The monoisotopic (exact) mass is 266 g/mol. The smallest absolute Gasteiger partial charge is 0.185 e. The maximum absolute atomic E-state index is 11.5. The molecule has 0 N–H and O–H groups in total. The summed E-state index contributed by atoms with van der Waals surface area (Å²) in [7, 11) is 0.388. The van der Waals surface area contributed by atoms with Crippen molar-refractivity contribution in [3.63, 3.8) is 0 Å². The Morgan fingerprint density at radius 1 is 1.60 bits per heavy atom. The van der Waals surface area contributed by atoms with Gasteiger partial charge >= 0.3 is 0 Å². The zero-order valence-electron chi connectivity index (χ0n) is 8.20. The van der Waals surface area contributed by atoms with E-state index in [1.54, 1.807) is 12.1 Å². The Bertz CT molecular complexity index is 362. The average Bonchev–Trinajstić information content (AvgIpc) is 2.61. The minimum atomic E-state index is -1.15. The number of carbonyl (C=O) groups excluding carboxylic acids is 1. The molecule has 1 heterocycles. The number of hydrogen-bond acceptors (Lipinski definition) is 4. The molecule has 84 valence electrons. The molecule has 0 radical (unpaired) electrons. The molecule has 1 aromatic heterocycles. The summed E-state index contributed by atoms with van der Waals surface area (Å²) < 4.78 is 16.7. The van der Waals surface area contributed by atoms with Crippen LogP contribution in [0.15, 0.2) is 12.1 Å². The number of halogens is 1. The number of ketones is 1. The summed E-state index contributed by atoms with van der Waals surface area (Å²) in [5.41, 5.74) is 0. The van der Waals surface area contributed by atoms with Crippen LogP contribution in [-0.4, -0.2) is 35.2 Å². The third-order valence-corrected chi connectivity index (χ3v) is 4.13.